The topological polar surface area (TPSA) is 92.8 Å². The Hall–Kier alpha value is -1.15. The minimum atomic E-state index is -2.96. The summed E-state index contributed by atoms with van der Waals surface area (Å²) in [5.74, 6) is 1.51. The summed E-state index contributed by atoms with van der Waals surface area (Å²) in [7, 11) is -1.29. The molecular weight excluding hydrogens is 440 g/mol. The van der Waals surface area contributed by atoms with Crippen LogP contribution in [-0.4, -0.2) is 68.5 Å². The Bertz CT molecular complexity index is 777. The Morgan fingerprint density at radius 2 is 1.52 bits per heavy atom. The summed E-state index contributed by atoms with van der Waals surface area (Å²) in [6.45, 7) is 1.27. The maximum atomic E-state index is 13.0. The number of carbonyl (C=O) groups excluding carboxylic acids is 2. The van der Waals surface area contributed by atoms with Gasteiger partial charge < -0.3 is 15.0 Å². The average Bonchev–Trinajstić information content (AvgIpc) is 3.71. The van der Waals surface area contributed by atoms with Crippen molar-refractivity contribution in [2.45, 2.75) is 101 Å². The van der Waals surface area contributed by atoms with Crippen molar-refractivity contribution in [2.24, 2.45) is 17.8 Å². The first-order valence-corrected chi connectivity index (χ1v) is 14.9. The predicted molar refractivity (Wildman–Crippen MR) is 127 cm³/mol. The van der Waals surface area contributed by atoms with E-state index in [0.29, 0.717) is 56.0 Å². The van der Waals surface area contributed by atoms with Gasteiger partial charge in [-0.25, -0.2) is 8.42 Å². The van der Waals surface area contributed by atoms with Gasteiger partial charge in [0, 0.05) is 38.1 Å². The van der Waals surface area contributed by atoms with Gasteiger partial charge in [0.15, 0.2) is 9.84 Å². The third-order valence-electron chi connectivity index (χ3n) is 8.19. The van der Waals surface area contributed by atoms with Crippen LogP contribution in [0.2, 0.25) is 0 Å². The molecule has 1 N–H and O–H groups in total. The number of hydrogen-bond acceptors (Lipinski definition) is 5. The predicted octanol–water partition coefficient (Wildman–Crippen LogP) is 3.07. The molecule has 4 fully saturated rings. The molecule has 0 atom stereocenters. The molecule has 8 heteroatoms. The van der Waals surface area contributed by atoms with Gasteiger partial charge >= 0.3 is 0 Å². The van der Waals surface area contributed by atoms with Gasteiger partial charge in [0.25, 0.3) is 0 Å². The molecule has 7 nitrogen and oxygen atoms in total. The van der Waals surface area contributed by atoms with Crippen LogP contribution in [0.4, 0.5) is 0 Å². The van der Waals surface area contributed by atoms with E-state index in [1.807, 2.05) is 4.90 Å². The van der Waals surface area contributed by atoms with Crippen molar-refractivity contribution >= 4 is 21.7 Å². The van der Waals surface area contributed by atoms with Crippen molar-refractivity contribution in [1.29, 1.82) is 0 Å². The normalized spacial score (nSPS) is 30.6. The summed E-state index contributed by atoms with van der Waals surface area (Å²) < 4.78 is 30.2. The first kappa shape index (κ1) is 25.0. The molecule has 4 saturated carbocycles. The van der Waals surface area contributed by atoms with Crippen molar-refractivity contribution in [2.75, 3.05) is 26.0 Å². The molecule has 4 rings (SSSR count). The summed E-state index contributed by atoms with van der Waals surface area (Å²) in [5, 5.41) is 3.01. The number of nitrogens with one attached hydrogen (secondary N) is 1. The molecule has 0 heterocycles. The highest BCUT2D eigenvalue weighted by Gasteiger charge is 2.38. The zero-order chi connectivity index (χ0) is 23.4. The van der Waals surface area contributed by atoms with E-state index in [0.717, 1.165) is 64.2 Å². The number of carbonyl (C=O) groups is 2. The Morgan fingerprint density at radius 3 is 2.09 bits per heavy atom. The van der Waals surface area contributed by atoms with Crippen LogP contribution >= 0.6 is 0 Å². The smallest absolute Gasteiger partial charge is 0.226 e. The van der Waals surface area contributed by atoms with Gasteiger partial charge in [-0.2, -0.15) is 0 Å². The van der Waals surface area contributed by atoms with Gasteiger partial charge in [-0.1, -0.05) is 0 Å². The maximum Gasteiger partial charge on any atom is 0.226 e. The second kappa shape index (κ2) is 11.1. The lowest BCUT2D eigenvalue weighted by Crippen LogP contribution is -2.44. The molecule has 4 aliphatic carbocycles. The fourth-order valence-electron chi connectivity index (χ4n) is 5.76. The highest BCUT2D eigenvalue weighted by molar-refractivity contribution is 7.92. The molecule has 0 radical (unpaired) electrons. The lowest BCUT2D eigenvalue weighted by Gasteiger charge is -2.33. The standard InChI is InChI=1S/C25H42N2O5S/c1-32-15-14-27(22-10-11-22)25(29)20-6-8-21(9-7-20)26-24(28)16-18-4-12-23(13-5-18)33(30,31)17-19-2-3-19/h18-23H,2-17H2,1H3,(H,26,28). The van der Waals surface area contributed by atoms with Crippen LogP contribution in [0.15, 0.2) is 0 Å². The van der Waals surface area contributed by atoms with Crippen molar-refractivity contribution < 1.29 is 22.7 Å². The van der Waals surface area contributed by atoms with Crippen LogP contribution in [-0.2, 0) is 24.2 Å². The monoisotopic (exact) mass is 482 g/mol. The van der Waals surface area contributed by atoms with Gasteiger partial charge in [0.2, 0.25) is 11.8 Å². The van der Waals surface area contributed by atoms with E-state index in [1.54, 1.807) is 7.11 Å². The Balaban J connectivity index is 1.14. The zero-order valence-corrected chi connectivity index (χ0v) is 21.0. The van der Waals surface area contributed by atoms with Crippen LogP contribution in [0.1, 0.15) is 83.5 Å². The fraction of sp³-hybridized carbons (Fsp3) is 0.920. The molecule has 4 aliphatic rings. The van der Waals surface area contributed by atoms with Crippen LogP contribution in [0.25, 0.3) is 0 Å². The summed E-state index contributed by atoms with van der Waals surface area (Å²) in [5.41, 5.74) is 0. The molecule has 0 spiro atoms. The Kier molecular flexibility index (Phi) is 8.37. The Morgan fingerprint density at radius 1 is 0.879 bits per heavy atom. The summed E-state index contributed by atoms with van der Waals surface area (Å²) >= 11 is 0. The number of amides is 2. The lowest BCUT2D eigenvalue weighted by atomic mass is 9.84. The Labute approximate surface area is 199 Å². The van der Waals surface area contributed by atoms with Gasteiger partial charge in [-0.3, -0.25) is 9.59 Å². The minimum Gasteiger partial charge on any atom is -0.383 e. The molecule has 2 amide bonds. The summed E-state index contributed by atoms with van der Waals surface area (Å²) in [6.07, 6.45) is 11.3. The van der Waals surface area contributed by atoms with Gasteiger partial charge in [0.05, 0.1) is 17.6 Å². The number of nitrogens with zero attached hydrogens (tertiary/aromatic N) is 1. The summed E-state index contributed by atoms with van der Waals surface area (Å²) in [6, 6.07) is 0.564. The van der Waals surface area contributed by atoms with Crippen molar-refractivity contribution in [1.82, 2.24) is 10.2 Å². The van der Waals surface area contributed by atoms with E-state index < -0.39 is 9.84 Å². The van der Waals surface area contributed by atoms with Gasteiger partial charge in [0.1, 0.15) is 0 Å². The summed E-state index contributed by atoms with van der Waals surface area (Å²) in [4.78, 5) is 27.6. The SMILES string of the molecule is COCCN(C(=O)C1CCC(NC(=O)CC2CCC(S(=O)(=O)CC3CC3)CC2)CC1)C1CC1. The largest absolute Gasteiger partial charge is 0.383 e. The van der Waals surface area contributed by atoms with Crippen LogP contribution in [0, 0.1) is 17.8 Å². The molecule has 0 aromatic carbocycles. The van der Waals surface area contributed by atoms with Crippen LogP contribution in [0.3, 0.4) is 0 Å². The number of rotatable bonds is 11. The van der Waals surface area contributed by atoms with Crippen molar-refractivity contribution in [3.63, 3.8) is 0 Å². The molecule has 0 unspecified atom stereocenters. The van der Waals surface area contributed by atoms with E-state index in [9.17, 15) is 18.0 Å². The first-order valence-electron chi connectivity index (χ1n) is 13.2. The van der Waals surface area contributed by atoms with Crippen LogP contribution < -0.4 is 5.32 Å². The highest BCUT2D eigenvalue weighted by atomic mass is 32.2. The van der Waals surface area contributed by atoms with Crippen molar-refractivity contribution in [3.05, 3.63) is 0 Å². The molecule has 33 heavy (non-hydrogen) atoms. The zero-order valence-electron chi connectivity index (χ0n) is 20.2. The second-order valence-electron chi connectivity index (χ2n) is 11.0. The third kappa shape index (κ3) is 7.17. The molecule has 0 aliphatic heterocycles. The molecule has 0 bridgehead atoms. The van der Waals surface area contributed by atoms with E-state index in [4.69, 9.17) is 4.74 Å². The second-order valence-corrected chi connectivity index (χ2v) is 13.3. The highest BCUT2D eigenvalue weighted by Crippen LogP contribution is 2.36. The molecule has 0 aromatic rings. The molecular formula is C25H42N2O5S. The first-order chi connectivity index (χ1) is 15.9. The minimum absolute atomic E-state index is 0.0727. The van der Waals surface area contributed by atoms with E-state index in [2.05, 4.69) is 5.32 Å². The molecule has 0 saturated heterocycles. The van der Waals surface area contributed by atoms with Crippen LogP contribution in [0.5, 0.6) is 0 Å². The number of sulfone groups is 1. The van der Waals surface area contributed by atoms with E-state index in [-0.39, 0.29) is 29.0 Å². The number of hydrogen-bond donors (Lipinski definition) is 1. The average molecular weight is 483 g/mol. The maximum absolute atomic E-state index is 13.0. The molecule has 188 valence electrons. The van der Waals surface area contributed by atoms with E-state index >= 15 is 0 Å². The molecule has 0 aromatic heterocycles. The third-order valence-corrected chi connectivity index (χ3v) is 10.6. The van der Waals surface area contributed by atoms with Crippen molar-refractivity contribution in [3.8, 4) is 0 Å². The fourth-order valence-corrected chi connectivity index (χ4v) is 8.01. The van der Waals surface area contributed by atoms with Gasteiger partial charge in [-0.05, 0) is 88.9 Å². The lowest BCUT2D eigenvalue weighted by molar-refractivity contribution is -0.138. The number of ether oxygens (including phenoxy) is 1. The van der Waals surface area contributed by atoms with E-state index in [1.165, 1.54) is 0 Å². The number of methoxy groups -OCH3 is 1. The van der Waals surface area contributed by atoms with Gasteiger partial charge in [-0.15, -0.1) is 0 Å². The quantitative estimate of drug-likeness (QED) is 0.489.